The van der Waals surface area contributed by atoms with Crippen LogP contribution in [-0.4, -0.2) is 17.6 Å². The highest BCUT2D eigenvalue weighted by Crippen LogP contribution is 2.14. The molecule has 0 aliphatic rings. The molecule has 0 fully saturated rings. The van der Waals surface area contributed by atoms with Gasteiger partial charge in [-0.05, 0) is 37.0 Å². The SMILES string of the molecule is CCCC(C#N)C(=O)Nc1cccc(CCCO)c1. The fourth-order valence-electron chi connectivity index (χ4n) is 1.86. The van der Waals surface area contributed by atoms with E-state index in [0.717, 1.165) is 18.4 Å². The Morgan fingerprint density at radius 3 is 2.95 bits per heavy atom. The van der Waals surface area contributed by atoms with Crippen molar-refractivity contribution in [2.75, 3.05) is 11.9 Å². The fourth-order valence-corrected chi connectivity index (χ4v) is 1.86. The minimum absolute atomic E-state index is 0.156. The Labute approximate surface area is 114 Å². The summed E-state index contributed by atoms with van der Waals surface area (Å²) in [6.45, 7) is 2.11. The van der Waals surface area contributed by atoms with Crippen molar-refractivity contribution in [3.63, 3.8) is 0 Å². The summed E-state index contributed by atoms with van der Waals surface area (Å²) in [7, 11) is 0. The van der Waals surface area contributed by atoms with E-state index in [1.807, 2.05) is 31.2 Å². The third kappa shape index (κ3) is 5.11. The topological polar surface area (TPSA) is 73.1 Å². The van der Waals surface area contributed by atoms with Gasteiger partial charge in [-0.3, -0.25) is 4.79 Å². The molecule has 1 aromatic rings. The van der Waals surface area contributed by atoms with Gasteiger partial charge in [0.05, 0.1) is 6.07 Å². The smallest absolute Gasteiger partial charge is 0.241 e. The molecule has 1 rings (SSSR count). The molecule has 0 saturated carbocycles. The van der Waals surface area contributed by atoms with Gasteiger partial charge in [-0.15, -0.1) is 0 Å². The van der Waals surface area contributed by atoms with Crippen molar-refractivity contribution in [1.29, 1.82) is 5.26 Å². The lowest BCUT2D eigenvalue weighted by atomic mass is 10.0. The van der Waals surface area contributed by atoms with Gasteiger partial charge < -0.3 is 10.4 Å². The van der Waals surface area contributed by atoms with Crippen LogP contribution >= 0.6 is 0 Å². The molecule has 0 saturated heterocycles. The normalized spacial score (nSPS) is 11.6. The summed E-state index contributed by atoms with van der Waals surface area (Å²) in [6.07, 6.45) is 2.86. The number of nitrogens with one attached hydrogen (secondary N) is 1. The summed E-state index contributed by atoms with van der Waals surface area (Å²) in [5.41, 5.74) is 1.77. The number of aliphatic hydroxyl groups is 1. The maximum absolute atomic E-state index is 11.9. The molecule has 0 heterocycles. The van der Waals surface area contributed by atoms with Crippen molar-refractivity contribution in [2.45, 2.75) is 32.6 Å². The largest absolute Gasteiger partial charge is 0.396 e. The molecule has 0 spiro atoms. The summed E-state index contributed by atoms with van der Waals surface area (Å²) < 4.78 is 0. The zero-order chi connectivity index (χ0) is 14.1. The molecule has 1 unspecified atom stereocenters. The number of hydrogen-bond donors (Lipinski definition) is 2. The Hall–Kier alpha value is -1.86. The van der Waals surface area contributed by atoms with Crippen molar-refractivity contribution >= 4 is 11.6 Å². The van der Waals surface area contributed by atoms with Crippen LogP contribution in [0.2, 0.25) is 0 Å². The summed E-state index contributed by atoms with van der Waals surface area (Å²) in [5, 5.41) is 20.5. The molecule has 0 aliphatic carbocycles. The summed E-state index contributed by atoms with van der Waals surface area (Å²) in [5.74, 6) is -0.838. The van der Waals surface area contributed by atoms with E-state index in [2.05, 4.69) is 5.32 Å². The quantitative estimate of drug-likeness (QED) is 0.791. The second-order valence-electron chi connectivity index (χ2n) is 4.49. The zero-order valence-corrected chi connectivity index (χ0v) is 11.2. The van der Waals surface area contributed by atoms with Crippen LogP contribution in [0.4, 0.5) is 5.69 Å². The number of aryl methyl sites for hydroxylation is 1. The lowest BCUT2D eigenvalue weighted by Gasteiger charge is -2.10. The van der Waals surface area contributed by atoms with Gasteiger partial charge in [-0.25, -0.2) is 0 Å². The van der Waals surface area contributed by atoms with Crippen LogP contribution < -0.4 is 5.32 Å². The Morgan fingerprint density at radius 1 is 1.53 bits per heavy atom. The molecular formula is C15H20N2O2. The van der Waals surface area contributed by atoms with Crippen LogP contribution in [0.15, 0.2) is 24.3 Å². The van der Waals surface area contributed by atoms with E-state index in [-0.39, 0.29) is 12.5 Å². The Balaban J connectivity index is 2.66. The van der Waals surface area contributed by atoms with Crippen molar-refractivity contribution in [1.82, 2.24) is 0 Å². The van der Waals surface area contributed by atoms with Crippen LogP contribution in [0.5, 0.6) is 0 Å². The van der Waals surface area contributed by atoms with Crippen molar-refractivity contribution in [3.8, 4) is 6.07 Å². The predicted octanol–water partition coefficient (Wildman–Crippen LogP) is 2.49. The molecule has 4 heteroatoms. The fraction of sp³-hybridized carbons (Fsp3) is 0.467. The minimum Gasteiger partial charge on any atom is -0.396 e. The number of carbonyl (C=O) groups is 1. The molecule has 0 aliphatic heterocycles. The van der Waals surface area contributed by atoms with Crippen LogP contribution in [0.3, 0.4) is 0 Å². The van der Waals surface area contributed by atoms with E-state index in [1.54, 1.807) is 6.07 Å². The molecule has 4 nitrogen and oxygen atoms in total. The van der Waals surface area contributed by atoms with Gasteiger partial charge in [-0.2, -0.15) is 5.26 Å². The summed E-state index contributed by atoms with van der Waals surface area (Å²) in [6, 6.07) is 9.54. The number of benzene rings is 1. The first-order chi connectivity index (χ1) is 9.21. The molecule has 1 atom stereocenters. The third-order valence-electron chi connectivity index (χ3n) is 2.87. The van der Waals surface area contributed by atoms with Crippen molar-refractivity contribution < 1.29 is 9.90 Å². The maximum atomic E-state index is 11.9. The first-order valence-corrected chi connectivity index (χ1v) is 6.61. The highest BCUT2D eigenvalue weighted by molar-refractivity contribution is 5.94. The Bertz CT molecular complexity index is 452. The molecule has 0 aromatic heterocycles. The van der Waals surface area contributed by atoms with E-state index in [9.17, 15) is 4.79 Å². The third-order valence-corrected chi connectivity index (χ3v) is 2.87. The first kappa shape index (κ1) is 15.2. The number of aliphatic hydroxyl groups excluding tert-OH is 1. The molecule has 102 valence electrons. The van der Waals surface area contributed by atoms with Crippen LogP contribution in [-0.2, 0) is 11.2 Å². The average Bonchev–Trinajstić information content (AvgIpc) is 2.42. The number of carbonyl (C=O) groups excluding carboxylic acids is 1. The van der Waals surface area contributed by atoms with Gasteiger partial charge in [0.1, 0.15) is 5.92 Å². The van der Waals surface area contributed by atoms with E-state index in [4.69, 9.17) is 10.4 Å². The molecule has 1 aromatic carbocycles. The van der Waals surface area contributed by atoms with Gasteiger partial charge in [0.2, 0.25) is 5.91 Å². The molecule has 1 amide bonds. The van der Waals surface area contributed by atoms with Crippen LogP contribution in [0.1, 0.15) is 31.7 Å². The number of amides is 1. The average molecular weight is 260 g/mol. The summed E-state index contributed by atoms with van der Waals surface area (Å²) in [4.78, 5) is 11.9. The number of nitrogens with zero attached hydrogens (tertiary/aromatic N) is 1. The van der Waals surface area contributed by atoms with E-state index in [0.29, 0.717) is 18.5 Å². The molecule has 19 heavy (non-hydrogen) atoms. The number of rotatable bonds is 7. The summed E-state index contributed by atoms with van der Waals surface area (Å²) >= 11 is 0. The van der Waals surface area contributed by atoms with Crippen LogP contribution in [0.25, 0.3) is 0 Å². The molecular weight excluding hydrogens is 240 g/mol. The number of hydrogen-bond acceptors (Lipinski definition) is 3. The van der Waals surface area contributed by atoms with E-state index >= 15 is 0 Å². The number of anilines is 1. The monoisotopic (exact) mass is 260 g/mol. The second kappa shape index (κ2) is 8.28. The van der Waals surface area contributed by atoms with E-state index in [1.165, 1.54) is 0 Å². The predicted molar refractivity (Wildman–Crippen MR) is 74.5 cm³/mol. The highest BCUT2D eigenvalue weighted by atomic mass is 16.2. The lowest BCUT2D eigenvalue weighted by molar-refractivity contribution is -0.118. The number of nitriles is 1. The van der Waals surface area contributed by atoms with Crippen LogP contribution in [0, 0.1) is 17.2 Å². The maximum Gasteiger partial charge on any atom is 0.241 e. The Kier molecular flexibility index (Phi) is 6.62. The Morgan fingerprint density at radius 2 is 2.32 bits per heavy atom. The van der Waals surface area contributed by atoms with Gasteiger partial charge >= 0.3 is 0 Å². The second-order valence-corrected chi connectivity index (χ2v) is 4.49. The molecule has 0 radical (unpaired) electrons. The van der Waals surface area contributed by atoms with Crippen molar-refractivity contribution in [2.24, 2.45) is 5.92 Å². The standard InChI is InChI=1S/C15H20N2O2/c1-2-5-13(11-16)15(19)17-14-8-3-6-12(10-14)7-4-9-18/h3,6,8,10,13,18H,2,4-5,7,9H2,1H3,(H,17,19). The van der Waals surface area contributed by atoms with E-state index < -0.39 is 5.92 Å². The zero-order valence-electron chi connectivity index (χ0n) is 11.2. The molecule has 0 bridgehead atoms. The van der Waals surface area contributed by atoms with Gasteiger partial charge in [-0.1, -0.05) is 25.5 Å². The van der Waals surface area contributed by atoms with Gasteiger partial charge in [0, 0.05) is 12.3 Å². The highest BCUT2D eigenvalue weighted by Gasteiger charge is 2.16. The van der Waals surface area contributed by atoms with Crippen molar-refractivity contribution in [3.05, 3.63) is 29.8 Å². The first-order valence-electron chi connectivity index (χ1n) is 6.61. The van der Waals surface area contributed by atoms with Gasteiger partial charge in [0.15, 0.2) is 0 Å². The minimum atomic E-state index is -0.592. The van der Waals surface area contributed by atoms with Gasteiger partial charge in [0.25, 0.3) is 0 Å². The lowest BCUT2D eigenvalue weighted by Crippen LogP contribution is -2.21. The molecule has 2 N–H and O–H groups in total.